The fourth-order valence-electron chi connectivity index (χ4n) is 2.94. The van der Waals surface area contributed by atoms with Crippen molar-refractivity contribution in [1.29, 1.82) is 0 Å². The zero-order valence-electron chi connectivity index (χ0n) is 16.4. The number of nitrogens with one attached hydrogen (secondary N) is 2. The maximum absolute atomic E-state index is 12.9. The second kappa shape index (κ2) is 8.59. The van der Waals surface area contributed by atoms with Gasteiger partial charge in [-0.15, -0.1) is 0 Å². The Morgan fingerprint density at radius 2 is 1.69 bits per heavy atom. The van der Waals surface area contributed by atoms with E-state index in [9.17, 15) is 13.2 Å². The standard InChI is InChI=1S/C21H23N3O4S/c1-14-13-19(24-28-14)23-21(25)20(17-7-5-4-6-8-17)22-15(2)16-9-11-18(12-10-16)29(3,26)27/h4-13,15,20,22H,1-3H3,(H,23,24,25)/t15-,20+/m0/s1. The Hall–Kier alpha value is -2.97. The van der Waals surface area contributed by atoms with Crippen molar-refractivity contribution in [2.45, 2.75) is 30.8 Å². The molecule has 0 aliphatic rings. The van der Waals surface area contributed by atoms with E-state index >= 15 is 0 Å². The first-order valence-electron chi connectivity index (χ1n) is 9.09. The zero-order valence-corrected chi connectivity index (χ0v) is 17.2. The van der Waals surface area contributed by atoms with Gasteiger partial charge in [-0.3, -0.25) is 10.1 Å². The van der Waals surface area contributed by atoms with Crippen molar-refractivity contribution < 1.29 is 17.7 Å². The first kappa shape index (κ1) is 20.8. The molecular weight excluding hydrogens is 390 g/mol. The summed E-state index contributed by atoms with van der Waals surface area (Å²) in [6, 6.07) is 16.8. The fourth-order valence-corrected chi connectivity index (χ4v) is 3.57. The Kier molecular flexibility index (Phi) is 6.14. The van der Waals surface area contributed by atoms with Gasteiger partial charge in [-0.1, -0.05) is 47.6 Å². The Morgan fingerprint density at radius 3 is 2.24 bits per heavy atom. The second-order valence-corrected chi connectivity index (χ2v) is 8.90. The molecule has 29 heavy (non-hydrogen) atoms. The SMILES string of the molecule is Cc1cc(NC(=O)[C@H](N[C@@H](C)c2ccc(S(C)(=O)=O)cc2)c2ccccc2)no1. The number of nitrogens with zero attached hydrogens (tertiary/aromatic N) is 1. The van der Waals surface area contributed by atoms with Gasteiger partial charge in [0.05, 0.1) is 4.90 Å². The maximum Gasteiger partial charge on any atom is 0.247 e. The lowest BCUT2D eigenvalue weighted by Crippen LogP contribution is -2.34. The van der Waals surface area contributed by atoms with E-state index in [2.05, 4.69) is 15.8 Å². The molecule has 3 aromatic rings. The van der Waals surface area contributed by atoms with Gasteiger partial charge in [-0.2, -0.15) is 0 Å². The minimum Gasteiger partial charge on any atom is -0.360 e. The highest BCUT2D eigenvalue weighted by atomic mass is 32.2. The largest absolute Gasteiger partial charge is 0.360 e. The minimum absolute atomic E-state index is 0.210. The number of benzene rings is 2. The van der Waals surface area contributed by atoms with E-state index < -0.39 is 15.9 Å². The van der Waals surface area contributed by atoms with Crippen molar-refractivity contribution in [3.63, 3.8) is 0 Å². The molecule has 2 aromatic carbocycles. The Bertz CT molecular complexity index is 1080. The number of amides is 1. The number of sulfone groups is 1. The average molecular weight is 413 g/mol. The van der Waals surface area contributed by atoms with Crippen LogP contribution in [0.4, 0.5) is 5.82 Å². The van der Waals surface area contributed by atoms with Crippen LogP contribution in [0.2, 0.25) is 0 Å². The van der Waals surface area contributed by atoms with Crippen LogP contribution in [-0.4, -0.2) is 25.7 Å². The van der Waals surface area contributed by atoms with Crippen molar-refractivity contribution in [2.24, 2.45) is 0 Å². The van der Waals surface area contributed by atoms with Gasteiger partial charge in [0.25, 0.3) is 0 Å². The summed E-state index contributed by atoms with van der Waals surface area (Å²) in [5.41, 5.74) is 1.66. The molecule has 1 aromatic heterocycles. The lowest BCUT2D eigenvalue weighted by Gasteiger charge is -2.23. The molecule has 1 heterocycles. The molecule has 0 bridgehead atoms. The molecule has 0 saturated heterocycles. The molecule has 7 nitrogen and oxygen atoms in total. The number of aryl methyl sites for hydroxylation is 1. The van der Waals surface area contributed by atoms with Gasteiger partial charge in [0.15, 0.2) is 15.7 Å². The number of hydrogen-bond acceptors (Lipinski definition) is 6. The van der Waals surface area contributed by atoms with E-state index in [0.717, 1.165) is 11.1 Å². The van der Waals surface area contributed by atoms with E-state index in [1.54, 1.807) is 37.3 Å². The highest BCUT2D eigenvalue weighted by molar-refractivity contribution is 7.90. The minimum atomic E-state index is -3.26. The van der Waals surface area contributed by atoms with E-state index in [1.807, 2.05) is 37.3 Å². The molecule has 2 atom stereocenters. The van der Waals surface area contributed by atoms with Crippen molar-refractivity contribution in [3.8, 4) is 0 Å². The molecule has 152 valence electrons. The highest BCUT2D eigenvalue weighted by Gasteiger charge is 2.24. The third kappa shape index (κ3) is 5.30. The number of hydrogen-bond donors (Lipinski definition) is 2. The summed E-state index contributed by atoms with van der Waals surface area (Å²) >= 11 is 0. The first-order valence-corrected chi connectivity index (χ1v) is 11.0. The van der Waals surface area contributed by atoms with E-state index in [0.29, 0.717) is 11.6 Å². The molecule has 0 fully saturated rings. The molecule has 0 saturated carbocycles. The van der Waals surface area contributed by atoms with Gasteiger partial charge in [0, 0.05) is 18.4 Å². The lowest BCUT2D eigenvalue weighted by atomic mass is 10.0. The first-order chi connectivity index (χ1) is 13.7. The van der Waals surface area contributed by atoms with E-state index in [1.165, 1.54) is 6.26 Å². The number of aromatic nitrogens is 1. The summed E-state index contributed by atoms with van der Waals surface area (Å²) in [6.45, 7) is 3.66. The smallest absolute Gasteiger partial charge is 0.247 e. The van der Waals surface area contributed by atoms with Crippen LogP contribution in [0.15, 0.2) is 70.1 Å². The van der Waals surface area contributed by atoms with Gasteiger partial charge in [0.1, 0.15) is 11.8 Å². The predicted octanol–water partition coefficient (Wildman–Crippen LogP) is 3.42. The molecule has 0 spiro atoms. The van der Waals surface area contributed by atoms with Crippen molar-refractivity contribution in [1.82, 2.24) is 10.5 Å². The van der Waals surface area contributed by atoms with Gasteiger partial charge in [-0.05, 0) is 37.1 Å². The molecule has 0 unspecified atom stereocenters. The van der Waals surface area contributed by atoms with Gasteiger partial charge in [-0.25, -0.2) is 8.42 Å². The maximum atomic E-state index is 12.9. The van der Waals surface area contributed by atoms with Crippen LogP contribution >= 0.6 is 0 Å². The quantitative estimate of drug-likeness (QED) is 0.615. The molecule has 1 amide bonds. The van der Waals surface area contributed by atoms with Crippen LogP contribution in [0.1, 0.15) is 35.9 Å². The van der Waals surface area contributed by atoms with Crippen LogP contribution in [0.5, 0.6) is 0 Å². The summed E-state index contributed by atoms with van der Waals surface area (Å²) in [7, 11) is -3.26. The predicted molar refractivity (Wildman–Crippen MR) is 110 cm³/mol. The summed E-state index contributed by atoms with van der Waals surface area (Å²) in [5, 5.41) is 9.89. The number of carbonyl (C=O) groups is 1. The van der Waals surface area contributed by atoms with E-state index in [-0.39, 0.29) is 16.8 Å². The van der Waals surface area contributed by atoms with Crippen molar-refractivity contribution >= 4 is 21.6 Å². The number of rotatable bonds is 7. The summed E-state index contributed by atoms with van der Waals surface area (Å²) in [4.78, 5) is 13.2. The third-order valence-electron chi connectivity index (χ3n) is 4.50. The Morgan fingerprint density at radius 1 is 1.03 bits per heavy atom. The van der Waals surface area contributed by atoms with Gasteiger partial charge in [0.2, 0.25) is 5.91 Å². The summed E-state index contributed by atoms with van der Waals surface area (Å²) < 4.78 is 28.3. The van der Waals surface area contributed by atoms with Crippen LogP contribution in [0.3, 0.4) is 0 Å². The number of carbonyl (C=O) groups excluding carboxylic acids is 1. The Balaban J connectivity index is 1.81. The van der Waals surface area contributed by atoms with Crippen molar-refractivity contribution in [2.75, 3.05) is 11.6 Å². The molecule has 2 N–H and O–H groups in total. The summed E-state index contributed by atoms with van der Waals surface area (Å²) in [6.07, 6.45) is 1.17. The molecule has 0 radical (unpaired) electrons. The van der Waals surface area contributed by atoms with E-state index in [4.69, 9.17) is 4.52 Å². The van der Waals surface area contributed by atoms with Crippen LogP contribution < -0.4 is 10.6 Å². The fraction of sp³-hybridized carbons (Fsp3) is 0.238. The van der Waals surface area contributed by atoms with Gasteiger partial charge < -0.3 is 9.84 Å². The van der Waals surface area contributed by atoms with Crippen LogP contribution in [0, 0.1) is 6.92 Å². The number of anilines is 1. The molecular formula is C21H23N3O4S. The third-order valence-corrected chi connectivity index (χ3v) is 5.63. The molecule has 8 heteroatoms. The second-order valence-electron chi connectivity index (χ2n) is 6.89. The van der Waals surface area contributed by atoms with Crippen LogP contribution in [0.25, 0.3) is 0 Å². The highest BCUT2D eigenvalue weighted by Crippen LogP contribution is 2.22. The lowest BCUT2D eigenvalue weighted by molar-refractivity contribution is -0.118. The average Bonchev–Trinajstić information content (AvgIpc) is 3.10. The van der Waals surface area contributed by atoms with Crippen LogP contribution in [-0.2, 0) is 14.6 Å². The summed E-state index contributed by atoms with van der Waals surface area (Å²) in [5.74, 6) is 0.674. The molecule has 0 aliphatic heterocycles. The van der Waals surface area contributed by atoms with Crippen molar-refractivity contribution in [3.05, 3.63) is 77.6 Å². The molecule has 3 rings (SSSR count). The van der Waals surface area contributed by atoms with Gasteiger partial charge >= 0.3 is 0 Å². The topological polar surface area (TPSA) is 101 Å². The monoisotopic (exact) mass is 413 g/mol. The zero-order chi connectivity index (χ0) is 21.0. The normalized spacial score (nSPS) is 13.6. The Labute approximate surface area is 170 Å². The molecule has 0 aliphatic carbocycles.